The van der Waals surface area contributed by atoms with Crippen LogP contribution in [0, 0.1) is 5.41 Å². The number of nitrogens with one attached hydrogen (secondary N) is 1. The summed E-state index contributed by atoms with van der Waals surface area (Å²) < 4.78 is 27.1. The highest BCUT2D eigenvalue weighted by atomic mass is 16.7. The zero-order valence-corrected chi connectivity index (χ0v) is 12.4. The Labute approximate surface area is 115 Å². The van der Waals surface area contributed by atoms with Gasteiger partial charge >= 0.3 is 0 Å². The second kappa shape index (κ2) is 8.84. The molecular formula is C13H27NO5. The number of ether oxygens (including phenoxy) is 5. The van der Waals surface area contributed by atoms with Gasteiger partial charge in [-0.25, -0.2) is 0 Å². The molecule has 0 aliphatic carbocycles. The van der Waals surface area contributed by atoms with Crippen molar-refractivity contribution >= 4 is 0 Å². The molecule has 0 amide bonds. The maximum atomic E-state index is 5.71. The van der Waals surface area contributed by atoms with E-state index in [9.17, 15) is 0 Å². The van der Waals surface area contributed by atoms with E-state index in [-0.39, 0.29) is 24.4 Å². The second-order valence-corrected chi connectivity index (χ2v) is 4.90. The Morgan fingerprint density at radius 2 is 2.05 bits per heavy atom. The molecule has 0 aromatic heterocycles. The molecule has 19 heavy (non-hydrogen) atoms. The van der Waals surface area contributed by atoms with Gasteiger partial charge in [-0.05, 0) is 13.5 Å². The molecule has 1 fully saturated rings. The number of rotatable bonds is 10. The SMILES string of the molecule is CNCC1(C(OC)C(COCOC)OC)CCOC1. The van der Waals surface area contributed by atoms with Gasteiger partial charge in [-0.2, -0.15) is 0 Å². The van der Waals surface area contributed by atoms with Crippen molar-refractivity contribution in [1.29, 1.82) is 0 Å². The van der Waals surface area contributed by atoms with Gasteiger partial charge in [0.25, 0.3) is 0 Å². The van der Waals surface area contributed by atoms with Crippen LogP contribution in [0.25, 0.3) is 0 Å². The van der Waals surface area contributed by atoms with Gasteiger partial charge in [0.15, 0.2) is 0 Å². The highest BCUT2D eigenvalue weighted by Crippen LogP contribution is 2.36. The molecule has 114 valence electrons. The second-order valence-electron chi connectivity index (χ2n) is 4.90. The molecule has 1 heterocycles. The molecule has 1 aliphatic rings. The van der Waals surface area contributed by atoms with Crippen LogP contribution >= 0.6 is 0 Å². The zero-order valence-electron chi connectivity index (χ0n) is 12.4. The van der Waals surface area contributed by atoms with Crippen LogP contribution in [-0.2, 0) is 23.7 Å². The molecule has 1 rings (SSSR count). The van der Waals surface area contributed by atoms with Crippen molar-refractivity contribution in [3.63, 3.8) is 0 Å². The lowest BCUT2D eigenvalue weighted by atomic mass is 9.78. The third-order valence-corrected chi connectivity index (χ3v) is 3.64. The van der Waals surface area contributed by atoms with E-state index in [4.69, 9.17) is 23.7 Å². The quantitative estimate of drug-likeness (QED) is 0.457. The number of hydrogen-bond donors (Lipinski definition) is 1. The van der Waals surface area contributed by atoms with Crippen LogP contribution < -0.4 is 5.32 Å². The largest absolute Gasteiger partial charge is 0.381 e. The van der Waals surface area contributed by atoms with E-state index in [0.717, 1.165) is 19.6 Å². The summed E-state index contributed by atoms with van der Waals surface area (Å²) in [7, 11) is 6.93. The Kier molecular flexibility index (Phi) is 7.82. The first-order valence-corrected chi connectivity index (χ1v) is 6.58. The fourth-order valence-electron chi connectivity index (χ4n) is 2.76. The number of methoxy groups -OCH3 is 3. The van der Waals surface area contributed by atoms with E-state index >= 15 is 0 Å². The minimum absolute atomic E-state index is 0.0688. The average molecular weight is 277 g/mol. The fraction of sp³-hybridized carbons (Fsp3) is 1.00. The Hall–Kier alpha value is -0.240. The third-order valence-electron chi connectivity index (χ3n) is 3.64. The van der Waals surface area contributed by atoms with E-state index in [1.165, 1.54) is 0 Å². The third kappa shape index (κ3) is 4.37. The average Bonchev–Trinajstić information content (AvgIpc) is 2.88. The van der Waals surface area contributed by atoms with Crippen molar-refractivity contribution in [2.45, 2.75) is 18.6 Å². The van der Waals surface area contributed by atoms with Gasteiger partial charge in [-0.15, -0.1) is 0 Å². The summed E-state index contributed by atoms with van der Waals surface area (Å²) in [5.74, 6) is 0. The minimum atomic E-state index is -0.143. The summed E-state index contributed by atoms with van der Waals surface area (Å²) in [4.78, 5) is 0. The molecule has 3 unspecified atom stereocenters. The predicted octanol–water partition coefficient (Wildman–Crippen LogP) is 0.263. The summed E-state index contributed by atoms with van der Waals surface area (Å²) in [6.07, 6.45) is 0.732. The van der Waals surface area contributed by atoms with Gasteiger partial charge in [-0.3, -0.25) is 0 Å². The van der Waals surface area contributed by atoms with Gasteiger partial charge in [-0.1, -0.05) is 0 Å². The Bertz CT molecular complexity index is 233. The maximum Gasteiger partial charge on any atom is 0.146 e. The molecule has 0 saturated carbocycles. The Morgan fingerprint density at radius 1 is 1.26 bits per heavy atom. The summed E-state index contributed by atoms with van der Waals surface area (Å²) in [6, 6.07) is 0. The summed E-state index contributed by atoms with van der Waals surface area (Å²) in [5.41, 5.74) is -0.0688. The molecule has 0 aromatic rings. The first-order chi connectivity index (χ1) is 9.24. The highest BCUT2D eigenvalue weighted by molar-refractivity contribution is 4.96. The van der Waals surface area contributed by atoms with E-state index in [1.54, 1.807) is 21.3 Å². The molecule has 1 N–H and O–H groups in total. The van der Waals surface area contributed by atoms with Crippen molar-refractivity contribution < 1.29 is 23.7 Å². The van der Waals surface area contributed by atoms with E-state index in [2.05, 4.69) is 5.32 Å². The molecule has 3 atom stereocenters. The van der Waals surface area contributed by atoms with Crippen LogP contribution in [0.4, 0.5) is 0 Å². The van der Waals surface area contributed by atoms with Crippen molar-refractivity contribution in [2.24, 2.45) is 5.41 Å². The van der Waals surface area contributed by atoms with Crippen molar-refractivity contribution in [3.8, 4) is 0 Å². The van der Waals surface area contributed by atoms with Gasteiger partial charge < -0.3 is 29.0 Å². The molecular weight excluding hydrogens is 250 g/mol. The van der Waals surface area contributed by atoms with Gasteiger partial charge in [0.05, 0.1) is 19.3 Å². The van der Waals surface area contributed by atoms with Crippen LogP contribution in [0.15, 0.2) is 0 Å². The zero-order chi connectivity index (χ0) is 14.1. The normalized spacial score (nSPS) is 26.5. The first kappa shape index (κ1) is 16.8. The molecule has 6 nitrogen and oxygen atoms in total. The van der Waals surface area contributed by atoms with E-state index in [1.807, 2.05) is 7.05 Å². The molecule has 0 aromatic carbocycles. The Balaban J connectivity index is 2.70. The van der Waals surface area contributed by atoms with Crippen molar-refractivity contribution in [1.82, 2.24) is 5.32 Å². The summed E-state index contributed by atoms with van der Waals surface area (Å²) in [6.45, 7) is 2.96. The summed E-state index contributed by atoms with van der Waals surface area (Å²) in [5, 5.41) is 3.23. The number of hydrogen-bond acceptors (Lipinski definition) is 6. The summed E-state index contributed by atoms with van der Waals surface area (Å²) >= 11 is 0. The smallest absolute Gasteiger partial charge is 0.146 e. The molecule has 1 aliphatic heterocycles. The van der Waals surface area contributed by atoms with Gasteiger partial charge in [0.2, 0.25) is 0 Å². The first-order valence-electron chi connectivity index (χ1n) is 6.58. The monoisotopic (exact) mass is 277 g/mol. The molecule has 0 radical (unpaired) electrons. The van der Waals surface area contributed by atoms with Crippen LogP contribution in [0.2, 0.25) is 0 Å². The van der Waals surface area contributed by atoms with Crippen LogP contribution in [0.5, 0.6) is 0 Å². The lowest BCUT2D eigenvalue weighted by Crippen LogP contribution is -2.52. The highest BCUT2D eigenvalue weighted by Gasteiger charge is 2.46. The van der Waals surface area contributed by atoms with Crippen LogP contribution in [0.3, 0.4) is 0 Å². The lowest BCUT2D eigenvalue weighted by Gasteiger charge is -2.39. The standard InChI is InChI=1S/C13H27NO5/c1-14-8-13(5-6-18-9-13)12(17-4)11(16-3)7-19-10-15-2/h11-12,14H,5-10H2,1-4H3. The maximum absolute atomic E-state index is 5.71. The molecule has 1 saturated heterocycles. The molecule has 0 spiro atoms. The topological polar surface area (TPSA) is 58.2 Å². The fourth-order valence-corrected chi connectivity index (χ4v) is 2.76. The lowest BCUT2D eigenvalue weighted by molar-refractivity contribution is -0.143. The van der Waals surface area contributed by atoms with Gasteiger partial charge in [0, 0.05) is 39.9 Å². The van der Waals surface area contributed by atoms with Crippen LogP contribution in [0.1, 0.15) is 6.42 Å². The van der Waals surface area contributed by atoms with Crippen molar-refractivity contribution in [2.75, 3.05) is 61.5 Å². The molecule has 6 heteroatoms. The molecule has 0 bridgehead atoms. The van der Waals surface area contributed by atoms with Crippen LogP contribution in [-0.4, -0.2) is 73.7 Å². The van der Waals surface area contributed by atoms with Gasteiger partial charge in [0.1, 0.15) is 12.9 Å². The minimum Gasteiger partial charge on any atom is -0.381 e. The van der Waals surface area contributed by atoms with E-state index in [0.29, 0.717) is 13.2 Å². The van der Waals surface area contributed by atoms with Crippen molar-refractivity contribution in [3.05, 3.63) is 0 Å². The van der Waals surface area contributed by atoms with E-state index < -0.39 is 0 Å². The predicted molar refractivity (Wildman–Crippen MR) is 71.2 cm³/mol. The Morgan fingerprint density at radius 3 is 2.53 bits per heavy atom.